The molecule has 2 fully saturated rings. The van der Waals surface area contributed by atoms with Gasteiger partial charge in [0.05, 0.1) is 11.5 Å². The molecule has 1 saturated heterocycles. The van der Waals surface area contributed by atoms with E-state index in [-0.39, 0.29) is 16.9 Å². The van der Waals surface area contributed by atoms with Crippen LogP contribution in [0.15, 0.2) is 24.3 Å². The number of benzene rings is 1. The molecule has 1 spiro atoms. The molecule has 1 aromatic carbocycles. The van der Waals surface area contributed by atoms with E-state index in [9.17, 15) is 9.90 Å². The highest BCUT2D eigenvalue weighted by molar-refractivity contribution is 6.00. The van der Waals surface area contributed by atoms with Crippen LogP contribution in [0.2, 0.25) is 0 Å². The van der Waals surface area contributed by atoms with Gasteiger partial charge in [-0.25, -0.2) is 0 Å². The molecule has 1 atom stereocenters. The smallest absolute Gasteiger partial charge is 0.233 e. The third kappa shape index (κ3) is 3.11. The molecule has 3 rings (SSSR count). The largest absolute Gasteiger partial charge is 0.393 e. The second-order valence-electron chi connectivity index (χ2n) is 8.86. The lowest BCUT2D eigenvalue weighted by molar-refractivity contribution is -0.128. The Labute approximate surface area is 146 Å². The first-order valence-corrected chi connectivity index (χ1v) is 9.33. The van der Waals surface area contributed by atoms with Crippen LogP contribution in [0.5, 0.6) is 0 Å². The van der Waals surface area contributed by atoms with E-state index in [2.05, 4.69) is 45.0 Å². The van der Waals surface area contributed by atoms with E-state index >= 15 is 0 Å². The first kappa shape index (κ1) is 17.5. The number of hydrogen-bond donors (Lipinski definition) is 1. The van der Waals surface area contributed by atoms with Gasteiger partial charge in [0, 0.05) is 12.2 Å². The zero-order valence-corrected chi connectivity index (χ0v) is 15.5. The Hall–Kier alpha value is -1.35. The molecule has 1 aromatic rings. The van der Waals surface area contributed by atoms with Crippen LogP contribution in [-0.4, -0.2) is 23.7 Å². The van der Waals surface area contributed by atoms with Gasteiger partial charge in [-0.05, 0) is 68.1 Å². The van der Waals surface area contributed by atoms with Crippen LogP contribution in [0.25, 0.3) is 0 Å². The zero-order chi connectivity index (χ0) is 17.5. The maximum absolute atomic E-state index is 13.1. The summed E-state index contributed by atoms with van der Waals surface area (Å²) in [5.41, 5.74) is 2.29. The lowest BCUT2D eigenvalue weighted by Gasteiger charge is -2.36. The summed E-state index contributed by atoms with van der Waals surface area (Å²) in [6.45, 7) is 9.32. The fraction of sp³-hybridized carbons (Fsp3) is 0.667. The number of anilines is 1. The van der Waals surface area contributed by atoms with Crippen LogP contribution in [0.4, 0.5) is 5.69 Å². The number of rotatable bonds is 2. The summed E-state index contributed by atoms with van der Waals surface area (Å²) in [5.74, 6) is 0.665. The van der Waals surface area contributed by atoms with E-state index in [1.165, 1.54) is 5.56 Å². The maximum atomic E-state index is 13.1. The number of aliphatic hydroxyl groups is 1. The topological polar surface area (TPSA) is 40.5 Å². The highest BCUT2D eigenvalue weighted by Gasteiger charge is 2.49. The van der Waals surface area contributed by atoms with Crippen molar-refractivity contribution in [3.8, 4) is 0 Å². The van der Waals surface area contributed by atoms with E-state index in [4.69, 9.17) is 0 Å². The second-order valence-corrected chi connectivity index (χ2v) is 8.86. The summed E-state index contributed by atoms with van der Waals surface area (Å²) in [6, 6.07) is 8.49. The van der Waals surface area contributed by atoms with Gasteiger partial charge in [-0.15, -0.1) is 0 Å². The molecule has 0 radical (unpaired) electrons. The van der Waals surface area contributed by atoms with E-state index in [0.717, 1.165) is 44.3 Å². The third-order valence-electron chi connectivity index (χ3n) is 6.23. The van der Waals surface area contributed by atoms with Crippen molar-refractivity contribution in [1.29, 1.82) is 0 Å². The fourth-order valence-electron chi connectivity index (χ4n) is 4.35. The Balaban J connectivity index is 1.73. The predicted molar refractivity (Wildman–Crippen MR) is 98.2 cm³/mol. The first-order chi connectivity index (χ1) is 11.2. The molecule has 132 valence electrons. The Morgan fingerprint density at radius 3 is 2.21 bits per heavy atom. The first-order valence-electron chi connectivity index (χ1n) is 9.33. The molecular formula is C21H31NO2. The van der Waals surface area contributed by atoms with Crippen molar-refractivity contribution in [3.05, 3.63) is 29.8 Å². The molecule has 0 unspecified atom stereocenters. The van der Waals surface area contributed by atoms with Crippen LogP contribution >= 0.6 is 0 Å². The van der Waals surface area contributed by atoms with Crippen molar-refractivity contribution in [1.82, 2.24) is 0 Å². The molecule has 1 N–H and O–H groups in total. The van der Waals surface area contributed by atoms with Gasteiger partial charge < -0.3 is 10.0 Å². The Morgan fingerprint density at radius 2 is 1.71 bits per heavy atom. The summed E-state index contributed by atoms with van der Waals surface area (Å²) >= 11 is 0. The molecule has 24 heavy (non-hydrogen) atoms. The van der Waals surface area contributed by atoms with Gasteiger partial charge in [0.15, 0.2) is 0 Å². The molecule has 0 aromatic heterocycles. The van der Waals surface area contributed by atoms with E-state index in [1.807, 2.05) is 11.8 Å². The summed E-state index contributed by atoms with van der Waals surface area (Å²) in [5, 5.41) is 9.80. The van der Waals surface area contributed by atoms with Gasteiger partial charge >= 0.3 is 0 Å². The lowest BCUT2D eigenvalue weighted by Crippen LogP contribution is -2.39. The minimum atomic E-state index is -0.250. The van der Waals surface area contributed by atoms with Crippen molar-refractivity contribution in [3.63, 3.8) is 0 Å². The van der Waals surface area contributed by atoms with Crippen molar-refractivity contribution >= 4 is 11.6 Å². The lowest BCUT2D eigenvalue weighted by atomic mass is 9.68. The summed E-state index contributed by atoms with van der Waals surface area (Å²) < 4.78 is 0. The minimum Gasteiger partial charge on any atom is -0.393 e. The monoisotopic (exact) mass is 329 g/mol. The van der Waals surface area contributed by atoms with Crippen LogP contribution in [-0.2, 0) is 10.2 Å². The molecule has 1 heterocycles. The van der Waals surface area contributed by atoms with Gasteiger partial charge in [0.1, 0.15) is 0 Å². The van der Waals surface area contributed by atoms with Crippen molar-refractivity contribution in [2.75, 3.05) is 11.4 Å². The molecular weight excluding hydrogens is 298 g/mol. The van der Waals surface area contributed by atoms with E-state index in [0.29, 0.717) is 11.8 Å². The molecule has 3 heteroatoms. The molecule has 1 amide bonds. The van der Waals surface area contributed by atoms with Crippen LogP contribution < -0.4 is 4.90 Å². The van der Waals surface area contributed by atoms with Gasteiger partial charge in [-0.2, -0.15) is 0 Å². The van der Waals surface area contributed by atoms with E-state index < -0.39 is 0 Å². The maximum Gasteiger partial charge on any atom is 0.233 e. The SMILES string of the molecule is C[C@H](O)C1CCC2(CC1)CCN(c1ccc(C(C)(C)C)cc1)C2=O. The van der Waals surface area contributed by atoms with Crippen LogP contribution in [0, 0.1) is 11.3 Å². The summed E-state index contributed by atoms with van der Waals surface area (Å²) in [4.78, 5) is 15.1. The van der Waals surface area contributed by atoms with E-state index in [1.54, 1.807) is 0 Å². The Kier molecular flexibility index (Phi) is 4.50. The second kappa shape index (κ2) is 6.18. The van der Waals surface area contributed by atoms with Crippen molar-refractivity contribution in [2.45, 2.75) is 71.3 Å². The number of carbonyl (C=O) groups excluding carboxylic acids is 1. The van der Waals surface area contributed by atoms with Crippen LogP contribution in [0.3, 0.4) is 0 Å². The number of aliphatic hydroxyl groups excluding tert-OH is 1. The van der Waals surface area contributed by atoms with Crippen LogP contribution in [0.1, 0.15) is 65.4 Å². The average Bonchev–Trinajstić information content (AvgIpc) is 2.84. The Morgan fingerprint density at radius 1 is 1.12 bits per heavy atom. The van der Waals surface area contributed by atoms with Crippen molar-refractivity contribution in [2.24, 2.45) is 11.3 Å². The molecule has 1 aliphatic heterocycles. The number of amides is 1. The number of carbonyl (C=O) groups is 1. The minimum absolute atomic E-state index is 0.133. The molecule has 1 aliphatic carbocycles. The highest BCUT2D eigenvalue weighted by atomic mass is 16.3. The Bertz CT molecular complexity index is 589. The molecule has 1 saturated carbocycles. The summed E-state index contributed by atoms with van der Waals surface area (Å²) in [6.07, 6.45) is 4.51. The van der Waals surface area contributed by atoms with Gasteiger partial charge in [-0.1, -0.05) is 32.9 Å². The quantitative estimate of drug-likeness (QED) is 0.880. The molecule has 3 nitrogen and oxygen atoms in total. The fourth-order valence-corrected chi connectivity index (χ4v) is 4.35. The summed E-state index contributed by atoms with van der Waals surface area (Å²) in [7, 11) is 0. The van der Waals surface area contributed by atoms with Gasteiger partial charge in [0.25, 0.3) is 0 Å². The molecule has 0 bridgehead atoms. The van der Waals surface area contributed by atoms with Gasteiger partial charge in [-0.3, -0.25) is 4.79 Å². The average molecular weight is 329 g/mol. The zero-order valence-electron chi connectivity index (χ0n) is 15.5. The molecule has 2 aliphatic rings. The number of hydrogen-bond acceptors (Lipinski definition) is 2. The standard InChI is InChI=1S/C21H31NO2/c1-15(23)16-9-11-21(12-10-16)13-14-22(19(21)24)18-7-5-17(6-8-18)20(2,3)4/h5-8,15-16,23H,9-14H2,1-4H3/t15-,16?,21?/m0/s1. The third-order valence-corrected chi connectivity index (χ3v) is 6.23. The number of nitrogens with zero attached hydrogens (tertiary/aromatic N) is 1. The highest BCUT2D eigenvalue weighted by Crippen LogP contribution is 2.48. The van der Waals surface area contributed by atoms with Gasteiger partial charge in [0.2, 0.25) is 5.91 Å². The predicted octanol–water partition coefficient (Wildman–Crippen LogP) is 4.28. The normalized spacial score (nSPS) is 29.3. The van der Waals surface area contributed by atoms with Crippen molar-refractivity contribution < 1.29 is 9.90 Å².